The number of nitrogen functional groups attached to an aromatic ring is 1. The molecule has 0 aliphatic heterocycles. The van der Waals surface area contributed by atoms with Crippen molar-refractivity contribution in [1.82, 2.24) is 9.55 Å². The van der Waals surface area contributed by atoms with E-state index < -0.39 is 0 Å². The van der Waals surface area contributed by atoms with Crippen LogP contribution in [0.5, 0.6) is 0 Å². The van der Waals surface area contributed by atoms with Gasteiger partial charge in [-0.15, -0.1) is 0 Å². The molecule has 0 spiro atoms. The highest BCUT2D eigenvalue weighted by Crippen LogP contribution is 2.10. The van der Waals surface area contributed by atoms with Crippen LogP contribution >= 0.6 is 11.6 Å². The highest BCUT2D eigenvalue weighted by molar-refractivity contribution is 6.30. The van der Waals surface area contributed by atoms with E-state index in [1.807, 2.05) is 0 Å². The van der Waals surface area contributed by atoms with Crippen LogP contribution in [0.4, 0.5) is 5.82 Å². The second kappa shape index (κ2) is 5.24. The van der Waals surface area contributed by atoms with Crippen molar-refractivity contribution >= 4 is 23.2 Å². The van der Waals surface area contributed by atoms with Crippen LogP contribution in [0, 0.1) is 6.92 Å². The first-order valence-electron chi connectivity index (χ1n) is 5.60. The van der Waals surface area contributed by atoms with E-state index in [0.717, 1.165) is 0 Å². The molecule has 0 amide bonds. The predicted octanol–water partition coefficient (Wildman–Crippen LogP) is 1.67. The summed E-state index contributed by atoms with van der Waals surface area (Å²) in [5, 5.41) is 0.555. The molecular formula is C13H12ClN3O2. The molecule has 2 aromatic rings. The minimum Gasteiger partial charge on any atom is -0.383 e. The van der Waals surface area contributed by atoms with Crippen molar-refractivity contribution in [2.45, 2.75) is 13.5 Å². The number of anilines is 1. The summed E-state index contributed by atoms with van der Waals surface area (Å²) in [5.41, 5.74) is 5.62. The first-order chi connectivity index (χ1) is 8.97. The molecule has 0 atom stereocenters. The summed E-state index contributed by atoms with van der Waals surface area (Å²) in [6.07, 6.45) is 0. The van der Waals surface area contributed by atoms with Crippen LogP contribution in [0.2, 0.25) is 5.02 Å². The monoisotopic (exact) mass is 277 g/mol. The molecule has 0 unspecified atom stereocenters. The number of hydrogen-bond acceptors (Lipinski definition) is 4. The normalized spacial score (nSPS) is 10.4. The maximum atomic E-state index is 12.1. The standard InChI is InChI=1S/C13H12ClN3O2/c1-8-16-12(15)6-13(19)17(8)7-11(18)9-2-4-10(14)5-3-9/h2-6H,7,15H2,1H3. The van der Waals surface area contributed by atoms with Crippen LogP contribution in [-0.4, -0.2) is 15.3 Å². The Kier molecular flexibility index (Phi) is 3.66. The second-order valence-electron chi connectivity index (χ2n) is 4.08. The Morgan fingerprint density at radius 3 is 2.58 bits per heavy atom. The van der Waals surface area contributed by atoms with E-state index in [-0.39, 0.29) is 23.7 Å². The average molecular weight is 278 g/mol. The van der Waals surface area contributed by atoms with Crippen LogP contribution in [0.15, 0.2) is 35.1 Å². The fourth-order valence-electron chi connectivity index (χ4n) is 1.71. The van der Waals surface area contributed by atoms with Crippen molar-refractivity contribution in [2.24, 2.45) is 0 Å². The molecular weight excluding hydrogens is 266 g/mol. The second-order valence-corrected chi connectivity index (χ2v) is 4.52. The minimum absolute atomic E-state index is 0.0699. The highest BCUT2D eigenvalue weighted by atomic mass is 35.5. The third-order valence-corrected chi connectivity index (χ3v) is 2.94. The molecule has 0 saturated heterocycles. The number of carbonyl (C=O) groups is 1. The summed E-state index contributed by atoms with van der Waals surface area (Å²) < 4.78 is 1.29. The molecule has 2 rings (SSSR count). The van der Waals surface area contributed by atoms with Crippen LogP contribution < -0.4 is 11.3 Å². The van der Waals surface area contributed by atoms with Crippen molar-refractivity contribution in [2.75, 3.05) is 5.73 Å². The van der Waals surface area contributed by atoms with E-state index >= 15 is 0 Å². The van der Waals surface area contributed by atoms with Crippen LogP contribution in [0.25, 0.3) is 0 Å². The summed E-state index contributed by atoms with van der Waals surface area (Å²) in [7, 11) is 0. The van der Waals surface area contributed by atoms with Gasteiger partial charge in [-0.2, -0.15) is 0 Å². The van der Waals surface area contributed by atoms with Gasteiger partial charge in [0.05, 0.1) is 6.54 Å². The van der Waals surface area contributed by atoms with Gasteiger partial charge >= 0.3 is 0 Å². The Bertz CT molecular complexity index is 677. The Labute approximate surface area is 114 Å². The Morgan fingerprint density at radius 1 is 1.37 bits per heavy atom. The fourth-order valence-corrected chi connectivity index (χ4v) is 1.83. The molecule has 0 radical (unpaired) electrons. The fraction of sp³-hybridized carbons (Fsp3) is 0.154. The highest BCUT2D eigenvalue weighted by Gasteiger charge is 2.10. The van der Waals surface area contributed by atoms with Crippen molar-refractivity contribution in [3.05, 3.63) is 57.1 Å². The SMILES string of the molecule is Cc1nc(N)cc(=O)n1CC(=O)c1ccc(Cl)cc1. The van der Waals surface area contributed by atoms with Gasteiger partial charge in [0.2, 0.25) is 0 Å². The molecule has 2 N–H and O–H groups in total. The van der Waals surface area contributed by atoms with Gasteiger partial charge in [-0.1, -0.05) is 11.6 Å². The smallest absolute Gasteiger partial charge is 0.256 e. The molecule has 0 fully saturated rings. The Hall–Kier alpha value is -2.14. The lowest BCUT2D eigenvalue weighted by molar-refractivity contribution is 0.0969. The van der Waals surface area contributed by atoms with E-state index in [0.29, 0.717) is 16.4 Å². The topological polar surface area (TPSA) is 78.0 Å². The van der Waals surface area contributed by atoms with Crippen LogP contribution in [0.1, 0.15) is 16.2 Å². The molecule has 1 aromatic carbocycles. The quantitative estimate of drug-likeness (QED) is 0.866. The van der Waals surface area contributed by atoms with E-state index in [9.17, 15) is 9.59 Å². The number of nitrogens with two attached hydrogens (primary N) is 1. The molecule has 1 heterocycles. The zero-order valence-corrected chi connectivity index (χ0v) is 11.0. The van der Waals surface area contributed by atoms with Gasteiger partial charge in [-0.3, -0.25) is 14.2 Å². The lowest BCUT2D eigenvalue weighted by atomic mass is 10.1. The number of ketones is 1. The number of rotatable bonds is 3. The first-order valence-corrected chi connectivity index (χ1v) is 5.98. The van der Waals surface area contributed by atoms with Crippen molar-refractivity contribution in [3.8, 4) is 0 Å². The number of benzene rings is 1. The molecule has 0 bridgehead atoms. The van der Waals surface area contributed by atoms with E-state index in [1.165, 1.54) is 10.6 Å². The maximum absolute atomic E-state index is 12.1. The number of hydrogen-bond donors (Lipinski definition) is 1. The van der Waals surface area contributed by atoms with Crippen LogP contribution in [0.3, 0.4) is 0 Å². The third kappa shape index (κ3) is 3.00. The van der Waals surface area contributed by atoms with Crippen LogP contribution in [-0.2, 0) is 6.54 Å². The summed E-state index contributed by atoms with van der Waals surface area (Å²) in [6, 6.07) is 7.70. The average Bonchev–Trinajstić information content (AvgIpc) is 2.34. The van der Waals surface area contributed by atoms with Crippen molar-refractivity contribution < 1.29 is 4.79 Å². The number of aryl methyl sites for hydroxylation is 1. The predicted molar refractivity (Wildman–Crippen MR) is 73.4 cm³/mol. The van der Waals surface area contributed by atoms with Crippen molar-refractivity contribution in [3.63, 3.8) is 0 Å². The molecule has 19 heavy (non-hydrogen) atoms. The molecule has 0 aliphatic carbocycles. The van der Waals surface area contributed by atoms with E-state index in [4.69, 9.17) is 17.3 Å². The molecule has 0 saturated carbocycles. The zero-order chi connectivity index (χ0) is 14.0. The summed E-state index contributed by atoms with van der Waals surface area (Å²) in [4.78, 5) is 27.8. The lowest BCUT2D eigenvalue weighted by Gasteiger charge is -2.08. The van der Waals surface area contributed by atoms with E-state index in [1.54, 1.807) is 31.2 Å². The molecule has 98 valence electrons. The number of carbonyl (C=O) groups excluding carboxylic acids is 1. The number of Topliss-reactive ketones (excluding diaryl/α,β-unsaturated/α-hetero) is 1. The van der Waals surface area contributed by atoms with Crippen molar-refractivity contribution in [1.29, 1.82) is 0 Å². The zero-order valence-electron chi connectivity index (χ0n) is 10.3. The number of nitrogens with zero attached hydrogens (tertiary/aromatic N) is 2. The van der Waals surface area contributed by atoms with Gasteiger partial charge in [0, 0.05) is 16.7 Å². The number of aromatic nitrogens is 2. The lowest BCUT2D eigenvalue weighted by Crippen LogP contribution is -2.27. The largest absolute Gasteiger partial charge is 0.383 e. The molecule has 5 nitrogen and oxygen atoms in total. The van der Waals surface area contributed by atoms with Gasteiger partial charge in [-0.05, 0) is 31.2 Å². The van der Waals surface area contributed by atoms with Gasteiger partial charge in [0.25, 0.3) is 5.56 Å². The number of halogens is 1. The summed E-state index contributed by atoms with van der Waals surface area (Å²) in [6.45, 7) is 1.56. The summed E-state index contributed by atoms with van der Waals surface area (Å²) >= 11 is 5.75. The van der Waals surface area contributed by atoms with Gasteiger partial charge in [0.1, 0.15) is 11.6 Å². The Balaban J connectivity index is 2.29. The maximum Gasteiger partial charge on any atom is 0.256 e. The van der Waals surface area contributed by atoms with E-state index in [2.05, 4.69) is 4.98 Å². The van der Waals surface area contributed by atoms with Gasteiger partial charge in [0.15, 0.2) is 5.78 Å². The van der Waals surface area contributed by atoms with Gasteiger partial charge < -0.3 is 5.73 Å². The summed E-state index contributed by atoms with van der Waals surface area (Å²) in [5.74, 6) is 0.374. The van der Waals surface area contributed by atoms with Gasteiger partial charge in [-0.25, -0.2) is 4.98 Å². The first kappa shape index (κ1) is 13.3. The minimum atomic E-state index is -0.340. The molecule has 0 aliphatic rings. The Morgan fingerprint density at radius 2 is 2.00 bits per heavy atom. The molecule has 6 heteroatoms. The molecule has 1 aromatic heterocycles. The third-order valence-electron chi connectivity index (χ3n) is 2.69.